The van der Waals surface area contributed by atoms with Crippen LogP contribution in [0.3, 0.4) is 0 Å². The van der Waals surface area contributed by atoms with Crippen LogP contribution in [-0.2, 0) is 33.4 Å². The monoisotopic (exact) mass is 505 g/mol. The third-order valence-corrected chi connectivity index (χ3v) is 7.40. The number of esters is 1. The summed E-state index contributed by atoms with van der Waals surface area (Å²) in [6.07, 6.45) is -2.78. The molecular weight excluding hydrogens is 475 g/mol. The van der Waals surface area contributed by atoms with E-state index in [1.54, 1.807) is 6.07 Å². The molecule has 0 spiro atoms. The lowest BCUT2D eigenvalue weighted by Gasteiger charge is -2.29. The second-order valence-corrected chi connectivity index (χ2v) is 9.58. The van der Waals surface area contributed by atoms with Crippen LogP contribution in [0.1, 0.15) is 52.5 Å². The number of nitrogens with zero attached hydrogens (tertiary/aromatic N) is 1. The van der Waals surface area contributed by atoms with Gasteiger partial charge in [0.1, 0.15) is 11.5 Å². The molecule has 1 aliphatic carbocycles. The minimum atomic E-state index is -4.39. The lowest BCUT2D eigenvalue weighted by Crippen LogP contribution is -2.36. The van der Waals surface area contributed by atoms with Crippen molar-refractivity contribution in [3.8, 4) is 11.5 Å². The van der Waals surface area contributed by atoms with Gasteiger partial charge < -0.3 is 18.9 Å². The fraction of sp³-hybridized carbons (Fsp3) is 0.519. The molecule has 2 aromatic rings. The van der Waals surface area contributed by atoms with Gasteiger partial charge in [-0.3, -0.25) is 9.69 Å². The minimum absolute atomic E-state index is 0.0203. The first-order valence-electron chi connectivity index (χ1n) is 12.3. The Bertz CT molecular complexity index is 1110. The summed E-state index contributed by atoms with van der Waals surface area (Å²) in [5.41, 5.74) is 2.57. The van der Waals surface area contributed by atoms with Crippen molar-refractivity contribution < 1.29 is 36.9 Å². The number of morpholine rings is 1. The van der Waals surface area contributed by atoms with Crippen LogP contribution < -0.4 is 9.47 Å². The Morgan fingerprint density at radius 3 is 2.64 bits per heavy atom. The van der Waals surface area contributed by atoms with Gasteiger partial charge in [0, 0.05) is 43.1 Å². The molecule has 0 aromatic heterocycles. The predicted molar refractivity (Wildman–Crippen MR) is 125 cm³/mol. The van der Waals surface area contributed by atoms with Gasteiger partial charge >= 0.3 is 12.1 Å². The molecule has 3 aliphatic rings. The lowest BCUT2D eigenvalue weighted by molar-refractivity contribution is -0.141. The first kappa shape index (κ1) is 24.9. The van der Waals surface area contributed by atoms with Gasteiger partial charge in [-0.2, -0.15) is 13.2 Å². The lowest BCUT2D eigenvalue weighted by atomic mass is 9.94. The molecule has 36 heavy (non-hydrogen) atoms. The number of rotatable bonds is 7. The highest BCUT2D eigenvalue weighted by Gasteiger charge is 2.38. The van der Waals surface area contributed by atoms with Crippen LogP contribution in [0.25, 0.3) is 0 Å². The average molecular weight is 506 g/mol. The van der Waals surface area contributed by atoms with Crippen molar-refractivity contribution in [3.63, 3.8) is 0 Å². The highest BCUT2D eigenvalue weighted by atomic mass is 19.4. The van der Waals surface area contributed by atoms with Gasteiger partial charge in [0.05, 0.1) is 45.5 Å². The van der Waals surface area contributed by atoms with E-state index >= 15 is 0 Å². The van der Waals surface area contributed by atoms with Crippen LogP contribution in [0.4, 0.5) is 13.2 Å². The largest absolute Gasteiger partial charge is 0.493 e. The molecule has 2 heterocycles. The number of methoxy groups -OCH3 is 1. The zero-order valence-electron chi connectivity index (χ0n) is 20.2. The smallest absolute Gasteiger partial charge is 0.416 e. The van der Waals surface area contributed by atoms with Crippen molar-refractivity contribution in [2.45, 2.75) is 43.8 Å². The normalized spacial score (nSPS) is 21.6. The molecule has 1 fully saturated rings. The van der Waals surface area contributed by atoms with E-state index in [4.69, 9.17) is 18.9 Å². The summed E-state index contributed by atoms with van der Waals surface area (Å²) in [5, 5.41) is 0. The van der Waals surface area contributed by atoms with E-state index in [0.717, 1.165) is 23.1 Å². The molecule has 0 amide bonds. The first-order chi connectivity index (χ1) is 17.3. The van der Waals surface area contributed by atoms with E-state index in [-0.39, 0.29) is 30.8 Å². The van der Waals surface area contributed by atoms with E-state index in [2.05, 4.69) is 0 Å². The molecule has 0 N–H and O–H groups in total. The average Bonchev–Trinajstić information content (AvgIpc) is 3.46. The zero-order chi connectivity index (χ0) is 25.3. The summed E-state index contributed by atoms with van der Waals surface area (Å²) in [6.45, 7) is 3.42. The van der Waals surface area contributed by atoms with Gasteiger partial charge in [-0.1, -0.05) is 12.1 Å². The van der Waals surface area contributed by atoms with Crippen molar-refractivity contribution in [2.24, 2.45) is 0 Å². The van der Waals surface area contributed by atoms with Crippen LogP contribution in [0.5, 0.6) is 11.5 Å². The number of halogens is 3. The topological polar surface area (TPSA) is 57.2 Å². The fourth-order valence-electron chi connectivity index (χ4n) is 5.46. The maximum Gasteiger partial charge on any atom is 0.416 e. The van der Waals surface area contributed by atoms with E-state index in [9.17, 15) is 18.0 Å². The molecule has 5 rings (SSSR count). The second-order valence-electron chi connectivity index (χ2n) is 9.58. The standard InChI is InChI=1S/C27H30F3NO5/c1-33-26(32)12-18-16-36-25-13-19(3-5-21(18)25)35-15-17-2-4-22-20(17)6-7-24(27(28,29)30)23(22)14-31-8-10-34-11-9-31/h3,5-7,13,17-18H,2,4,8-12,14-16H2,1H3. The first-order valence-corrected chi connectivity index (χ1v) is 12.3. The molecule has 0 bridgehead atoms. The Hall–Kier alpha value is -2.78. The molecule has 2 aromatic carbocycles. The number of ether oxygens (including phenoxy) is 4. The third kappa shape index (κ3) is 5.18. The van der Waals surface area contributed by atoms with Crippen molar-refractivity contribution in [1.82, 2.24) is 4.90 Å². The molecule has 2 unspecified atom stereocenters. The maximum absolute atomic E-state index is 13.9. The highest BCUT2D eigenvalue weighted by molar-refractivity contribution is 5.71. The van der Waals surface area contributed by atoms with E-state index in [1.807, 2.05) is 23.1 Å². The Kier molecular flexibility index (Phi) is 7.12. The number of hydrogen-bond acceptors (Lipinski definition) is 6. The Morgan fingerprint density at radius 2 is 1.89 bits per heavy atom. The van der Waals surface area contributed by atoms with Crippen LogP contribution in [0.15, 0.2) is 30.3 Å². The van der Waals surface area contributed by atoms with Crippen molar-refractivity contribution >= 4 is 5.97 Å². The van der Waals surface area contributed by atoms with Gasteiger partial charge in [-0.15, -0.1) is 0 Å². The number of benzene rings is 2. The number of carbonyl (C=O) groups is 1. The third-order valence-electron chi connectivity index (χ3n) is 7.40. The quantitative estimate of drug-likeness (QED) is 0.509. The van der Waals surface area contributed by atoms with Crippen LogP contribution in [-0.4, -0.2) is 57.5 Å². The highest BCUT2D eigenvalue weighted by Crippen LogP contribution is 2.43. The van der Waals surface area contributed by atoms with Crippen molar-refractivity contribution in [2.75, 3.05) is 46.6 Å². The van der Waals surface area contributed by atoms with Crippen LogP contribution in [0.2, 0.25) is 0 Å². The minimum Gasteiger partial charge on any atom is -0.493 e. The van der Waals surface area contributed by atoms with Crippen LogP contribution >= 0.6 is 0 Å². The van der Waals surface area contributed by atoms with Crippen molar-refractivity contribution in [3.05, 3.63) is 58.1 Å². The van der Waals surface area contributed by atoms with Gasteiger partial charge in [0.2, 0.25) is 0 Å². The van der Waals surface area contributed by atoms with Gasteiger partial charge in [-0.05, 0) is 41.7 Å². The molecule has 194 valence electrons. The summed E-state index contributed by atoms with van der Waals surface area (Å²) in [6, 6.07) is 8.44. The summed E-state index contributed by atoms with van der Waals surface area (Å²) in [7, 11) is 1.37. The molecule has 9 heteroatoms. The molecule has 0 saturated carbocycles. The maximum atomic E-state index is 13.9. The molecular formula is C27H30F3NO5. The zero-order valence-corrected chi connectivity index (χ0v) is 20.2. The number of fused-ring (bicyclic) bond motifs is 2. The predicted octanol–water partition coefficient (Wildman–Crippen LogP) is 4.69. The Balaban J connectivity index is 1.30. The van der Waals surface area contributed by atoms with E-state index in [1.165, 1.54) is 13.2 Å². The molecule has 2 aliphatic heterocycles. The molecule has 1 saturated heterocycles. The number of hydrogen-bond donors (Lipinski definition) is 0. The second kappa shape index (κ2) is 10.3. The number of carbonyl (C=O) groups excluding carboxylic acids is 1. The summed E-state index contributed by atoms with van der Waals surface area (Å²) < 4.78 is 63.5. The van der Waals surface area contributed by atoms with Crippen molar-refractivity contribution in [1.29, 1.82) is 0 Å². The molecule has 0 radical (unpaired) electrons. The van der Waals surface area contributed by atoms with Gasteiger partial charge in [-0.25, -0.2) is 0 Å². The van der Waals surface area contributed by atoms with E-state index in [0.29, 0.717) is 63.0 Å². The van der Waals surface area contributed by atoms with E-state index < -0.39 is 11.7 Å². The Labute approximate surface area is 208 Å². The molecule has 6 nitrogen and oxygen atoms in total. The van der Waals surface area contributed by atoms with Gasteiger partial charge in [0.25, 0.3) is 0 Å². The Morgan fingerprint density at radius 1 is 1.11 bits per heavy atom. The van der Waals surface area contributed by atoms with Crippen LogP contribution in [0, 0.1) is 0 Å². The summed E-state index contributed by atoms with van der Waals surface area (Å²) in [5.74, 6) is 1.03. The fourth-order valence-corrected chi connectivity index (χ4v) is 5.46. The summed E-state index contributed by atoms with van der Waals surface area (Å²) in [4.78, 5) is 13.7. The molecule has 2 atom stereocenters. The van der Waals surface area contributed by atoms with Gasteiger partial charge in [0.15, 0.2) is 0 Å². The summed E-state index contributed by atoms with van der Waals surface area (Å²) >= 11 is 0. The SMILES string of the molecule is COC(=O)CC1COc2cc(OCC3CCc4c3ccc(C(F)(F)F)c4CN3CCOCC3)ccc21. The number of alkyl halides is 3.